The highest BCUT2D eigenvalue weighted by molar-refractivity contribution is 7.13. The Balaban J connectivity index is 1.91. The number of benzene rings is 1. The maximum absolute atomic E-state index is 10.9. The Morgan fingerprint density at radius 2 is 2.22 bits per heavy atom. The standard InChI is InChI=1S/C14H7Cl2N3O3S/c15-9-4-3-8(7-11(9)19(20)21)6-10(16)14-17-13(18-22-14)12-2-1-5-23-12/h1-7H/b10-6+. The smallest absolute Gasteiger partial charge is 0.288 e. The van der Waals surface area contributed by atoms with Crippen LogP contribution >= 0.6 is 34.5 Å². The summed E-state index contributed by atoms with van der Waals surface area (Å²) in [5, 5.41) is 16.9. The van der Waals surface area contributed by atoms with Gasteiger partial charge < -0.3 is 4.52 Å². The highest BCUT2D eigenvalue weighted by Gasteiger charge is 2.15. The molecule has 0 radical (unpaired) electrons. The van der Waals surface area contributed by atoms with Gasteiger partial charge in [-0.2, -0.15) is 4.98 Å². The van der Waals surface area contributed by atoms with Gasteiger partial charge in [0.2, 0.25) is 5.82 Å². The number of halogens is 2. The fraction of sp³-hybridized carbons (Fsp3) is 0. The van der Waals surface area contributed by atoms with Crippen molar-refractivity contribution in [1.29, 1.82) is 0 Å². The molecule has 0 fully saturated rings. The van der Waals surface area contributed by atoms with Crippen molar-refractivity contribution in [2.24, 2.45) is 0 Å². The van der Waals surface area contributed by atoms with Crippen molar-refractivity contribution < 1.29 is 9.45 Å². The minimum Gasteiger partial charge on any atom is -0.333 e. The first-order chi connectivity index (χ1) is 11.0. The van der Waals surface area contributed by atoms with Crippen LogP contribution in [0.2, 0.25) is 5.02 Å². The molecule has 0 N–H and O–H groups in total. The average Bonchev–Trinajstić information content (AvgIpc) is 3.19. The Morgan fingerprint density at radius 1 is 1.39 bits per heavy atom. The van der Waals surface area contributed by atoms with Crippen LogP contribution in [0.25, 0.3) is 21.8 Å². The number of thiophene rings is 1. The summed E-state index contributed by atoms with van der Waals surface area (Å²) < 4.78 is 5.11. The van der Waals surface area contributed by atoms with Gasteiger partial charge in [-0.3, -0.25) is 10.1 Å². The van der Waals surface area contributed by atoms with Crippen LogP contribution in [-0.2, 0) is 0 Å². The van der Waals surface area contributed by atoms with Crippen LogP contribution in [0.4, 0.5) is 5.69 Å². The van der Waals surface area contributed by atoms with Crippen LogP contribution < -0.4 is 0 Å². The van der Waals surface area contributed by atoms with Gasteiger partial charge in [0.05, 0.1) is 9.80 Å². The summed E-state index contributed by atoms with van der Waals surface area (Å²) in [5.74, 6) is 0.566. The maximum Gasteiger partial charge on any atom is 0.288 e. The van der Waals surface area contributed by atoms with Crippen LogP contribution in [0.15, 0.2) is 40.2 Å². The minimum absolute atomic E-state index is 0.0565. The van der Waals surface area contributed by atoms with E-state index in [2.05, 4.69) is 10.1 Å². The molecule has 0 aliphatic carbocycles. The highest BCUT2D eigenvalue weighted by atomic mass is 35.5. The molecule has 3 aromatic rings. The summed E-state index contributed by atoms with van der Waals surface area (Å²) in [6.45, 7) is 0. The van der Waals surface area contributed by atoms with E-state index in [9.17, 15) is 10.1 Å². The van der Waals surface area contributed by atoms with Gasteiger partial charge in [0.15, 0.2) is 0 Å². The van der Waals surface area contributed by atoms with Crippen molar-refractivity contribution in [3.63, 3.8) is 0 Å². The molecule has 0 unspecified atom stereocenters. The molecule has 6 nitrogen and oxygen atoms in total. The van der Waals surface area contributed by atoms with Crippen LogP contribution in [0.1, 0.15) is 11.5 Å². The van der Waals surface area contributed by atoms with E-state index in [0.29, 0.717) is 11.4 Å². The predicted octanol–water partition coefficient (Wildman–Crippen LogP) is 5.10. The van der Waals surface area contributed by atoms with Gasteiger partial charge in [0, 0.05) is 6.07 Å². The molecule has 0 aliphatic rings. The molecule has 3 rings (SSSR count). The first-order valence-corrected chi connectivity index (χ1v) is 7.87. The Morgan fingerprint density at radius 3 is 2.91 bits per heavy atom. The zero-order valence-corrected chi connectivity index (χ0v) is 13.6. The molecule has 23 heavy (non-hydrogen) atoms. The Hall–Kier alpha value is -2.22. The number of rotatable bonds is 4. The van der Waals surface area contributed by atoms with E-state index >= 15 is 0 Å². The van der Waals surface area contributed by atoms with Gasteiger partial charge in [-0.05, 0) is 29.2 Å². The summed E-state index contributed by atoms with van der Waals surface area (Å²) >= 11 is 13.4. The van der Waals surface area contributed by atoms with Gasteiger partial charge in [-0.25, -0.2) is 0 Å². The predicted molar refractivity (Wildman–Crippen MR) is 89.4 cm³/mol. The van der Waals surface area contributed by atoms with Crippen molar-refractivity contribution in [2.45, 2.75) is 0 Å². The van der Waals surface area contributed by atoms with Crippen LogP contribution in [0.3, 0.4) is 0 Å². The molecule has 2 aromatic heterocycles. The molecule has 116 valence electrons. The van der Waals surface area contributed by atoms with E-state index in [-0.39, 0.29) is 21.6 Å². The monoisotopic (exact) mass is 367 g/mol. The molecule has 0 saturated heterocycles. The number of aromatic nitrogens is 2. The van der Waals surface area contributed by atoms with E-state index in [4.69, 9.17) is 27.7 Å². The Bertz CT molecular complexity index is 891. The zero-order valence-electron chi connectivity index (χ0n) is 11.3. The van der Waals surface area contributed by atoms with Crippen molar-refractivity contribution >= 4 is 51.3 Å². The molecule has 0 saturated carbocycles. The number of nitro benzene ring substituents is 1. The Labute approximate surface area is 144 Å². The first-order valence-electron chi connectivity index (χ1n) is 6.23. The first kappa shape index (κ1) is 15.7. The average molecular weight is 368 g/mol. The van der Waals surface area contributed by atoms with Crippen LogP contribution in [0, 0.1) is 10.1 Å². The second kappa shape index (κ2) is 6.49. The van der Waals surface area contributed by atoms with E-state index in [1.165, 1.54) is 29.5 Å². The number of nitro groups is 1. The van der Waals surface area contributed by atoms with Crippen molar-refractivity contribution in [3.05, 3.63) is 62.3 Å². The fourth-order valence-electron chi connectivity index (χ4n) is 1.79. The molecule has 1 aromatic carbocycles. The summed E-state index contributed by atoms with van der Waals surface area (Å²) in [7, 11) is 0. The lowest BCUT2D eigenvalue weighted by molar-refractivity contribution is -0.384. The fourth-order valence-corrected chi connectivity index (χ4v) is 2.83. The molecular weight excluding hydrogens is 361 g/mol. The molecular formula is C14H7Cl2N3O3S. The summed E-state index contributed by atoms with van der Waals surface area (Å²) in [4.78, 5) is 15.4. The number of hydrogen-bond donors (Lipinski definition) is 0. The SMILES string of the molecule is O=[N+]([O-])c1cc(/C=C(/Cl)c2nc(-c3cccs3)no2)ccc1Cl. The van der Waals surface area contributed by atoms with E-state index in [1.54, 1.807) is 6.07 Å². The quantitative estimate of drug-likeness (QED) is 0.473. The maximum atomic E-state index is 10.9. The molecule has 2 heterocycles. The van der Waals surface area contributed by atoms with Crippen molar-refractivity contribution in [3.8, 4) is 10.7 Å². The van der Waals surface area contributed by atoms with E-state index < -0.39 is 4.92 Å². The number of hydrogen-bond acceptors (Lipinski definition) is 6. The van der Waals surface area contributed by atoms with Crippen molar-refractivity contribution in [1.82, 2.24) is 10.1 Å². The Kier molecular flexibility index (Phi) is 4.42. The molecule has 0 aliphatic heterocycles. The summed E-state index contributed by atoms with van der Waals surface area (Å²) in [5.41, 5.74) is 0.302. The third-order valence-electron chi connectivity index (χ3n) is 2.83. The third kappa shape index (κ3) is 3.42. The molecule has 0 spiro atoms. The lowest BCUT2D eigenvalue weighted by atomic mass is 10.2. The summed E-state index contributed by atoms with van der Waals surface area (Å²) in [6.07, 6.45) is 1.50. The minimum atomic E-state index is -0.560. The van der Waals surface area contributed by atoms with Gasteiger partial charge >= 0.3 is 0 Å². The van der Waals surface area contributed by atoms with E-state index in [0.717, 1.165) is 4.88 Å². The second-order valence-corrected chi connectivity index (χ2v) is 6.12. The van der Waals surface area contributed by atoms with Crippen LogP contribution in [-0.4, -0.2) is 15.1 Å². The van der Waals surface area contributed by atoms with Crippen molar-refractivity contribution in [2.75, 3.05) is 0 Å². The topological polar surface area (TPSA) is 82.1 Å². The zero-order chi connectivity index (χ0) is 16.4. The lowest BCUT2D eigenvalue weighted by Crippen LogP contribution is -1.89. The number of nitrogens with zero attached hydrogens (tertiary/aromatic N) is 3. The summed E-state index contributed by atoms with van der Waals surface area (Å²) in [6, 6.07) is 8.09. The van der Waals surface area contributed by atoms with Gasteiger partial charge in [-0.1, -0.05) is 40.5 Å². The molecule has 0 bridgehead atoms. The normalized spacial score (nSPS) is 11.7. The van der Waals surface area contributed by atoms with Crippen LogP contribution in [0.5, 0.6) is 0 Å². The van der Waals surface area contributed by atoms with Gasteiger partial charge in [0.1, 0.15) is 10.1 Å². The third-order valence-corrected chi connectivity index (χ3v) is 4.29. The molecule has 0 amide bonds. The van der Waals surface area contributed by atoms with E-state index in [1.807, 2.05) is 17.5 Å². The lowest BCUT2D eigenvalue weighted by Gasteiger charge is -1.98. The molecule has 9 heteroatoms. The van der Waals surface area contributed by atoms with Gasteiger partial charge in [0.25, 0.3) is 11.6 Å². The largest absolute Gasteiger partial charge is 0.333 e. The highest BCUT2D eigenvalue weighted by Crippen LogP contribution is 2.29. The second-order valence-electron chi connectivity index (χ2n) is 4.36. The van der Waals surface area contributed by atoms with Gasteiger partial charge in [-0.15, -0.1) is 11.3 Å². The molecule has 0 atom stereocenters.